The van der Waals surface area contributed by atoms with Gasteiger partial charge in [-0.25, -0.2) is 4.98 Å². The lowest BCUT2D eigenvalue weighted by atomic mass is 10.2. The minimum absolute atomic E-state index is 0.247. The molecule has 1 atom stereocenters. The molecule has 1 aliphatic heterocycles. The van der Waals surface area contributed by atoms with E-state index in [1.807, 2.05) is 6.07 Å². The molecular weight excluding hydrogens is 204 g/mol. The Balaban J connectivity index is 1.96. The van der Waals surface area contributed by atoms with Crippen LogP contribution in [0, 0.1) is 11.3 Å². The number of nitriles is 1. The lowest BCUT2D eigenvalue weighted by Gasteiger charge is -2.12. The molecule has 2 rings (SSSR count). The average Bonchev–Trinajstić information content (AvgIpc) is 2.80. The standard InChI is InChI=1S/C11H14N4O/c12-5-8-4-10(13)11(14-6-8)15-7-9-2-1-3-16-9/h4,6,9H,1-3,7,13H2,(H,14,15). The smallest absolute Gasteiger partial charge is 0.149 e. The molecule has 0 saturated carbocycles. The summed E-state index contributed by atoms with van der Waals surface area (Å²) in [4.78, 5) is 4.10. The highest BCUT2D eigenvalue weighted by Gasteiger charge is 2.15. The maximum atomic E-state index is 8.67. The molecule has 0 radical (unpaired) electrons. The molecule has 84 valence electrons. The Kier molecular flexibility index (Phi) is 3.22. The Morgan fingerprint density at radius 3 is 3.19 bits per heavy atom. The number of nitrogens with two attached hydrogens (primary N) is 1. The van der Waals surface area contributed by atoms with E-state index in [-0.39, 0.29) is 6.10 Å². The molecule has 0 spiro atoms. The minimum atomic E-state index is 0.247. The van der Waals surface area contributed by atoms with Crippen LogP contribution in [0.5, 0.6) is 0 Å². The van der Waals surface area contributed by atoms with E-state index < -0.39 is 0 Å². The van der Waals surface area contributed by atoms with Crippen molar-refractivity contribution in [1.82, 2.24) is 4.98 Å². The van der Waals surface area contributed by atoms with Crippen LogP contribution in [0.1, 0.15) is 18.4 Å². The SMILES string of the molecule is N#Cc1cnc(NCC2CCCO2)c(N)c1. The molecule has 1 aromatic heterocycles. The molecule has 2 heterocycles. The van der Waals surface area contributed by atoms with E-state index in [1.165, 1.54) is 6.20 Å². The van der Waals surface area contributed by atoms with Gasteiger partial charge in [-0.1, -0.05) is 0 Å². The zero-order valence-corrected chi connectivity index (χ0v) is 8.94. The van der Waals surface area contributed by atoms with Gasteiger partial charge in [-0.3, -0.25) is 0 Å². The maximum absolute atomic E-state index is 8.67. The molecule has 3 N–H and O–H groups in total. The molecule has 5 heteroatoms. The first kappa shape index (κ1) is 10.7. The van der Waals surface area contributed by atoms with Gasteiger partial charge >= 0.3 is 0 Å². The first-order valence-corrected chi connectivity index (χ1v) is 5.30. The van der Waals surface area contributed by atoms with Gasteiger partial charge in [0.2, 0.25) is 0 Å². The highest BCUT2D eigenvalue weighted by Crippen LogP contribution is 2.18. The average molecular weight is 218 g/mol. The summed E-state index contributed by atoms with van der Waals surface area (Å²) < 4.78 is 5.48. The van der Waals surface area contributed by atoms with Crippen molar-refractivity contribution in [1.29, 1.82) is 5.26 Å². The van der Waals surface area contributed by atoms with Crippen molar-refractivity contribution in [3.05, 3.63) is 17.8 Å². The number of anilines is 2. The zero-order chi connectivity index (χ0) is 11.4. The molecule has 5 nitrogen and oxygen atoms in total. The van der Waals surface area contributed by atoms with Crippen molar-refractivity contribution < 1.29 is 4.74 Å². The molecule has 1 aliphatic rings. The molecular formula is C11H14N4O. The first-order chi connectivity index (χ1) is 7.79. The molecule has 1 aromatic rings. The van der Waals surface area contributed by atoms with Crippen LogP contribution in [0.15, 0.2) is 12.3 Å². The van der Waals surface area contributed by atoms with Gasteiger partial charge in [0, 0.05) is 19.3 Å². The fourth-order valence-corrected chi connectivity index (χ4v) is 1.71. The van der Waals surface area contributed by atoms with Crippen molar-refractivity contribution in [2.45, 2.75) is 18.9 Å². The van der Waals surface area contributed by atoms with Gasteiger partial charge in [0.15, 0.2) is 0 Å². The summed E-state index contributed by atoms with van der Waals surface area (Å²) in [5.74, 6) is 0.620. The van der Waals surface area contributed by atoms with E-state index in [2.05, 4.69) is 10.3 Å². The molecule has 1 unspecified atom stereocenters. The zero-order valence-electron chi connectivity index (χ0n) is 8.94. The van der Waals surface area contributed by atoms with Crippen molar-refractivity contribution in [3.8, 4) is 6.07 Å². The second kappa shape index (κ2) is 4.81. The Labute approximate surface area is 94.2 Å². The van der Waals surface area contributed by atoms with Gasteiger partial charge in [0.05, 0.1) is 17.4 Å². The van der Waals surface area contributed by atoms with Crippen LogP contribution >= 0.6 is 0 Å². The molecule has 1 saturated heterocycles. The molecule has 0 bridgehead atoms. The van der Waals surface area contributed by atoms with E-state index in [9.17, 15) is 0 Å². The monoisotopic (exact) mass is 218 g/mol. The molecule has 0 amide bonds. The van der Waals surface area contributed by atoms with Gasteiger partial charge < -0.3 is 15.8 Å². The first-order valence-electron chi connectivity index (χ1n) is 5.30. The van der Waals surface area contributed by atoms with Crippen molar-refractivity contribution >= 4 is 11.5 Å². The Hall–Kier alpha value is -1.80. The van der Waals surface area contributed by atoms with Crippen LogP contribution in [-0.4, -0.2) is 24.2 Å². The summed E-state index contributed by atoms with van der Waals surface area (Å²) in [6.07, 6.45) is 3.94. The van der Waals surface area contributed by atoms with Crippen LogP contribution < -0.4 is 11.1 Å². The summed E-state index contributed by atoms with van der Waals surface area (Å²) in [6, 6.07) is 3.61. The predicted octanol–water partition coefficient (Wildman–Crippen LogP) is 1.13. The Bertz CT molecular complexity index is 407. The van der Waals surface area contributed by atoms with Crippen LogP contribution in [-0.2, 0) is 4.74 Å². The number of nitrogens with zero attached hydrogens (tertiary/aromatic N) is 2. The summed E-state index contributed by atoms with van der Waals surface area (Å²) >= 11 is 0. The van der Waals surface area contributed by atoms with Crippen molar-refractivity contribution in [3.63, 3.8) is 0 Å². The van der Waals surface area contributed by atoms with E-state index >= 15 is 0 Å². The lowest BCUT2D eigenvalue weighted by Crippen LogP contribution is -2.19. The van der Waals surface area contributed by atoms with Crippen LogP contribution in [0.4, 0.5) is 11.5 Å². The topological polar surface area (TPSA) is 84.0 Å². The third kappa shape index (κ3) is 2.41. The number of nitrogens with one attached hydrogen (secondary N) is 1. The van der Waals surface area contributed by atoms with E-state index in [0.717, 1.165) is 19.4 Å². The summed E-state index contributed by atoms with van der Waals surface area (Å²) in [6.45, 7) is 1.55. The lowest BCUT2D eigenvalue weighted by molar-refractivity contribution is 0.120. The van der Waals surface area contributed by atoms with E-state index in [4.69, 9.17) is 15.7 Å². The largest absolute Gasteiger partial charge is 0.396 e. The number of pyridine rings is 1. The van der Waals surface area contributed by atoms with Gasteiger partial charge in [-0.15, -0.1) is 0 Å². The van der Waals surface area contributed by atoms with E-state index in [0.29, 0.717) is 23.6 Å². The quantitative estimate of drug-likeness (QED) is 0.794. The number of ether oxygens (including phenoxy) is 1. The fraction of sp³-hybridized carbons (Fsp3) is 0.455. The fourth-order valence-electron chi connectivity index (χ4n) is 1.71. The summed E-state index contributed by atoms with van der Waals surface area (Å²) in [5.41, 5.74) is 6.73. The number of hydrogen-bond donors (Lipinski definition) is 2. The molecule has 16 heavy (non-hydrogen) atoms. The Morgan fingerprint density at radius 2 is 2.56 bits per heavy atom. The van der Waals surface area contributed by atoms with Gasteiger partial charge in [-0.2, -0.15) is 5.26 Å². The van der Waals surface area contributed by atoms with Crippen molar-refractivity contribution in [2.75, 3.05) is 24.2 Å². The summed E-state index contributed by atoms with van der Waals surface area (Å²) in [5, 5.41) is 11.8. The third-order valence-corrected chi connectivity index (χ3v) is 2.57. The highest BCUT2D eigenvalue weighted by atomic mass is 16.5. The number of rotatable bonds is 3. The normalized spacial score (nSPS) is 19.3. The Morgan fingerprint density at radius 1 is 1.69 bits per heavy atom. The number of nitrogen functional groups attached to an aromatic ring is 1. The van der Waals surface area contributed by atoms with Gasteiger partial charge in [0.25, 0.3) is 0 Å². The van der Waals surface area contributed by atoms with Gasteiger partial charge in [-0.05, 0) is 18.9 Å². The molecule has 0 aromatic carbocycles. The number of aromatic nitrogens is 1. The number of hydrogen-bond acceptors (Lipinski definition) is 5. The summed E-state index contributed by atoms with van der Waals surface area (Å²) in [7, 11) is 0. The maximum Gasteiger partial charge on any atom is 0.149 e. The molecule has 1 fully saturated rings. The second-order valence-corrected chi connectivity index (χ2v) is 3.79. The minimum Gasteiger partial charge on any atom is -0.396 e. The van der Waals surface area contributed by atoms with Crippen LogP contribution in [0.25, 0.3) is 0 Å². The van der Waals surface area contributed by atoms with Crippen LogP contribution in [0.3, 0.4) is 0 Å². The second-order valence-electron chi connectivity index (χ2n) is 3.79. The molecule has 0 aliphatic carbocycles. The highest BCUT2D eigenvalue weighted by molar-refractivity contribution is 5.63. The van der Waals surface area contributed by atoms with E-state index in [1.54, 1.807) is 6.07 Å². The van der Waals surface area contributed by atoms with Gasteiger partial charge in [0.1, 0.15) is 11.9 Å². The van der Waals surface area contributed by atoms with Crippen LogP contribution in [0.2, 0.25) is 0 Å². The van der Waals surface area contributed by atoms with Crippen molar-refractivity contribution in [2.24, 2.45) is 0 Å². The third-order valence-electron chi connectivity index (χ3n) is 2.57. The predicted molar refractivity (Wildman–Crippen MR) is 60.8 cm³/mol.